The first-order chi connectivity index (χ1) is 15.6. The molecule has 0 saturated heterocycles. The third kappa shape index (κ3) is 4.46. The zero-order chi connectivity index (χ0) is 22.1. The van der Waals surface area contributed by atoms with Crippen LogP contribution in [0.1, 0.15) is 29.9 Å². The van der Waals surface area contributed by atoms with E-state index in [1.54, 1.807) is 16.7 Å². The monoisotopic (exact) mass is 481 g/mol. The van der Waals surface area contributed by atoms with Gasteiger partial charge in [-0.1, -0.05) is 53.7 Å². The molecule has 0 bridgehead atoms. The van der Waals surface area contributed by atoms with Gasteiger partial charge in [0.25, 0.3) is 5.56 Å². The summed E-state index contributed by atoms with van der Waals surface area (Å²) in [6, 6.07) is 16.9. The van der Waals surface area contributed by atoms with Gasteiger partial charge in [-0.3, -0.25) is 14.2 Å². The van der Waals surface area contributed by atoms with Gasteiger partial charge in [-0.05, 0) is 59.5 Å². The van der Waals surface area contributed by atoms with Crippen LogP contribution in [0.3, 0.4) is 0 Å². The molecule has 1 aliphatic rings. The molecule has 162 valence electrons. The molecular formula is C24H20ClN3O2S2. The van der Waals surface area contributed by atoms with Crippen LogP contribution in [0.15, 0.2) is 69.9 Å². The van der Waals surface area contributed by atoms with Crippen LogP contribution in [0.5, 0.6) is 0 Å². The second kappa shape index (κ2) is 9.10. The fourth-order valence-electron chi connectivity index (χ4n) is 3.57. The van der Waals surface area contributed by atoms with Gasteiger partial charge < -0.3 is 5.32 Å². The number of nitrogens with one attached hydrogen (secondary N) is 1. The maximum atomic E-state index is 13.6. The SMILES string of the molecule is O=C(CSc1nc2scc(C3CC3)c2c(=O)n1-c1ccccc1)NCc1ccc(Cl)cc1. The highest BCUT2D eigenvalue weighted by molar-refractivity contribution is 7.99. The summed E-state index contributed by atoms with van der Waals surface area (Å²) < 4.78 is 1.64. The topological polar surface area (TPSA) is 64.0 Å². The number of benzene rings is 2. The fraction of sp³-hybridized carbons (Fsp3) is 0.208. The number of carbonyl (C=O) groups excluding carboxylic acids is 1. The third-order valence-corrected chi connectivity index (χ3v) is 7.45. The van der Waals surface area contributed by atoms with Crippen LogP contribution in [0.25, 0.3) is 15.9 Å². The number of halogens is 1. The minimum Gasteiger partial charge on any atom is -0.351 e. The molecule has 5 nitrogen and oxygen atoms in total. The highest BCUT2D eigenvalue weighted by Crippen LogP contribution is 2.44. The number of fused-ring (bicyclic) bond motifs is 1. The molecular weight excluding hydrogens is 462 g/mol. The Hall–Kier alpha value is -2.61. The maximum absolute atomic E-state index is 13.6. The van der Waals surface area contributed by atoms with Crippen molar-refractivity contribution in [3.63, 3.8) is 0 Å². The smallest absolute Gasteiger partial charge is 0.267 e. The minimum absolute atomic E-state index is 0.0616. The van der Waals surface area contributed by atoms with Crippen LogP contribution < -0.4 is 10.9 Å². The van der Waals surface area contributed by atoms with Gasteiger partial charge in [0, 0.05) is 11.6 Å². The van der Waals surface area contributed by atoms with Gasteiger partial charge in [-0.25, -0.2) is 4.98 Å². The molecule has 1 fully saturated rings. The average molecular weight is 482 g/mol. The van der Waals surface area contributed by atoms with E-state index in [0.29, 0.717) is 22.6 Å². The second-order valence-electron chi connectivity index (χ2n) is 7.71. The fourth-order valence-corrected chi connectivity index (χ4v) is 5.60. The van der Waals surface area contributed by atoms with Gasteiger partial charge in [0.15, 0.2) is 5.16 Å². The Morgan fingerprint density at radius 3 is 2.62 bits per heavy atom. The molecule has 32 heavy (non-hydrogen) atoms. The Kier molecular flexibility index (Phi) is 6.04. The number of carbonyl (C=O) groups is 1. The molecule has 0 aliphatic heterocycles. The quantitative estimate of drug-likeness (QED) is 0.284. The molecule has 1 N–H and O–H groups in total. The van der Waals surface area contributed by atoms with Crippen LogP contribution in [-0.2, 0) is 11.3 Å². The summed E-state index contributed by atoms with van der Waals surface area (Å²) in [4.78, 5) is 31.6. The van der Waals surface area contributed by atoms with Crippen LogP contribution >= 0.6 is 34.7 Å². The summed E-state index contributed by atoms with van der Waals surface area (Å²) in [5, 5.41) is 6.89. The number of para-hydroxylation sites is 1. The molecule has 0 spiro atoms. The lowest BCUT2D eigenvalue weighted by molar-refractivity contribution is -0.118. The van der Waals surface area contributed by atoms with Crippen molar-refractivity contribution in [2.24, 2.45) is 0 Å². The Labute approximate surface area is 198 Å². The first-order valence-corrected chi connectivity index (χ1v) is 12.6. The second-order valence-corrected chi connectivity index (χ2v) is 9.94. The van der Waals surface area contributed by atoms with E-state index in [1.165, 1.54) is 23.1 Å². The molecule has 0 radical (unpaired) electrons. The average Bonchev–Trinajstić information content (AvgIpc) is 3.57. The standard InChI is InChI=1S/C24H20ClN3O2S2/c25-17-10-6-15(7-11-17)12-26-20(29)14-32-24-27-22-21(19(13-31-22)16-8-9-16)23(30)28(24)18-4-2-1-3-5-18/h1-7,10-11,13,16H,8-9,12,14H2,(H,26,29). The number of thioether (sulfide) groups is 1. The van der Waals surface area contributed by atoms with E-state index in [2.05, 4.69) is 10.7 Å². The van der Waals surface area contributed by atoms with Crippen LogP contribution in [0.2, 0.25) is 5.02 Å². The van der Waals surface area contributed by atoms with Gasteiger partial charge >= 0.3 is 0 Å². The molecule has 1 saturated carbocycles. The van der Waals surface area contributed by atoms with E-state index < -0.39 is 0 Å². The number of hydrogen-bond donors (Lipinski definition) is 1. The summed E-state index contributed by atoms with van der Waals surface area (Å²) in [7, 11) is 0. The lowest BCUT2D eigenvalue weighted by Gasteiger charge is -2.12. The largest absolute Gasteiger partial charge is 0.351 e. The Morgan fingerprint density at radius 2 is 1.91 bits per heavy atom. The van der Waals surface area contributed by atoms with E-state index in [-0.39, 0.29) is 17.2 Å². The molecule has 5 rings (SSSR count). The third-order valence-electron chi connectivity index (χ3n) is 5.37. The van der Waals surface area contributed by atoms with Gasteiger partial charge in [-0.15, -0.1) is 11.3 Å². The van der Waals surface area contributed by atoms with Crippen molar-refractivity contribution in [3.05, 3.63) is 86.5 Å². The highest BCUT2D eigenvalue weighted by atomic mass is 35.5. The lowest BCUT2D eigenvalue weighted by atomic mass is 10.1. The van der Waals surface area contributed by atoms with Crippen molar-refractivity contribution in [1.82, 2.24) is 14.9 Å². The molecule has 8 heteroatoms. The molecule has 2 aromatic heterocycles. The first kappa shape index (κ1) is 21.2. The minimum atomic E-state index is -0.122. The predicted octanol–water partition coefficient (Wildman–Crippen LogP) is 5.39. The van der Waals surface area contributed by atoms with E-state index in [1.807, 2.05) is 42.5 Å². The van der Waals surface area contributed by atoms with Crippen molar-refractivity contribution in [2.45, 2.75) is 30.5 Å². The number of aromatic nitrogens is 2. The van der Waals surface area contributed by atoms with Crippen molar-refractivity contribution < 1.29 is 4.79 Å². The van der Waals surface area contributed by atoms with E-state index in [4.69, 9.17) is 16.6 Å². The first-order valence-electron chi connectivity index (χ1n) is 10.3. The Balaban J connectivity index is 1.40. The van der Waals surface area contributed by atoms with E-state index in [9.17, 15) is 9.59 Å². The molecule has 1 amide bonds. The zero-order valence-corrected chi connectivity index (χ0v) is 19.5. The van der Waals surface area contributed by atoms with Crippen LogP contribution in [0.4, 0.5) is 0 Å². The number of thiophene rings is 1. The van der Waals surface area contributed by atoms with Crippen molar-refractivity contribution in [1.29, 1.82) is 0 Å². The van der Waals surface area contributed by atoms with E-state index in [0.717, 1.165) is 39.9 Å². The van der Waals surface area contributed by atoms with Crippen molar-refractivity contribution >= 4 is 50.8 Å². The highest BCUT2D eigenvalue weighted by Gasteiger charge is 2.29. The number of nitrogens with zero attached hydrogens (tertiary/aromatic N) is 2. The van der Waals surface area contributed by atoms with Crippen molar-refractivity contribution in [3.8, 4) is 5.69 Å². The zero-order valence-electron chi connectivity index (χ0n) is 17.1. The van der Waals surface area contributed by atoms with Gasteiger partial charge in [0.2, 0.25) is 5.91 Å². The summed E-state index contributed by atoms with van der Waals surface area (Å²) in [6.07, 6.45) is 2.25. The lowest BCUT2D eigenvalue weighted by Crippen LogP contribution is -2.26. The molecule has 1 aliphatic carbocycles. The molecule has 0 unspecified atom stereocenters. The Morgan fingerprint density at radius 1 is 1.16 bits per heavy atom. The van der Waals surface area contributed by atoms with Gasteiger partial charge in [0.1, 0.15) is 4.83 Å². The normalized spacial score (nSPS) is 13.4. The van der Waals surface area contributed by atoms with Gasteiger partial charge in [0.05, 0.1) is 16.8 Å². The molecule has 2 aromatic carbocycles. The molecule has 4 aromatic rings. The summed E-state index contributed by atoms with van der Waals surface area (Å²) >= 11 is 8.69. The molecule has 2 heterocycles. The summed E-state index contributed by atoms with van der Waals surface area (Å²) in [6.45, 7) is 0.421. The van der Waals surface area contributed by atoms with Gasteiger partial charge in [-0.2, -0.15) is 0 Å². The number of hydrogen-bond acceptors (Lipinski definition) is 5. The van der Waals surface area contributed by atoms with E-state index >= 15 is 0 Å². The predicted molar refractivity (Wildman–Crippen MR) is 131 cm³/mol. The number of amides is 1. The summed E-state index contributed by atoms with van der Waals surface area (Å²) in [5.74, 6) is 0.516. The Bertz CT molecular complexity index is 1330. The number of rotatable bonds is 7. The van der Waals surface area contributed by atoms with Crippen LogP contribution in [-0.4, -0.2) is 21.2 Å². The molecule has 0 atom stereocenters. The van der Waals surface area contributed by atoms with Crippen LogP contribution in [0, 0.1) is 0 Å². The van der Waals surface area contributed by atoms with Crippen molar-refractivity contribution in [2.75, 3.05) is 5.75 Å². The maximum Gasteiger partial charge on any atom is 0.267 e. The summed E-state index contributed by atoms with van der Waals surface area (Å²) in [5.41, 5.74) is 2.78.